The molecule has 2 heterocycles. The fourth-order valence-corrected chi connectivity index (χ4v) is 1.66. The first kappa shape index (κ1) is 12.1. The summed E-state index contributed by atoms with van der Waals surface area (Å²) in [4.78, 5) is 11.9. The Kier molecular flexibility index (Phi) is 3.57. The number of hydrogen-bond acceptors (Lipinski definition) is 3. The van der Waals surface area contributed by atoms with Gasteiger partial charge in [0.2, 0.25) is 0 Å². The highest BCUT2D eigenvalue weighted by molar-refractivity contribution is 5.78. The molecule has 0 bridgehead atoms. The number of nitrogens with zero attached hydrogens (tertiary/aromatic N) is 2. The van der Waals surface area contributed by atoms with Gasteiger partial charge in [-0.15, -0.1) is 0 Å². The lowest BCUT2D eigenvalue weighted by Gasteiger charge is -1.96. The average molecular weight is 240 g/mol. The molecule has 4 nitrogen and oxygen atoms in total. The van der Waals surface area contributed by atoms with Crippen molar-refractivity contribution in [3.05, 3.63) is 42.5 Å². The van der Waals surface area contributed by atoms with E-state index in [2.05, 4.69) is 15.0 Å². The minimum absolute atomic E-state index is 0.498. The highest BCUT2D eigenvalue weighted by atomic mass is 15.0. The quantitative estimate of drug-likeness (QED) is 0.686. The van der Waals surface area contributed by atoms with Crippen LogP contribution in [0.5, 0.6) is 0 Å². The minimum Gasteiger partial charge on any atom is -0.384 e. The zero-order valence-electron chi connectivity index (χ0n) is 10.5. The molecule has 0 unspecified atom stereocenters. The number of nitrogen functional groups attached to an aromatic ring is 1. The van der Waals surface area contributed by atoms with Crippen molar-refractivity contribution in [2.45, 2.75) is 13.8 Å². The molecule has 1 aromatic carbocycles. The van der Waals surface area contributed by atoms with E-state index in [1.54, 1.807) is 6.07 Å². The number of para-hydroxylation sites is 2. The van der Waals surface area contributed by atoms with E-state index in [1.165, 1.54) is 0 Å². The molecular formula is C14H16N4. The third kappa shape index (κ3) is 2.32. The van der Waals surface area contributed by atoms with Crippen LogP contribution in [0.3, 0.4) is 0 Å². The number of nitrogens with one attached hydrogen (secondary N) is 1. The smallest absolute Gasteiger partial charge is 0.157 e. The predicted octanol–water partition coefficient (Wildman–Crippen LogP) is 3.23. The lowest BCUT2D eigenvalue weighted by Crippen LogP contribution is -1.92. The number of hydrogen-bond donors (Lipinski definition) is 2. The molecule has 0 saturated heterocycles. The largest absolute Gasteiger partial charge is 0.384 e. The molecule has 0 saturated carbocycles. The summed E-state index contributed by atoms with van der Waals surface area (Å²) in [6.07, 6.45) is 0. The molecule has 0 spiro atoms. The van der Waals surface area contributed by atoms with Crippen molar-refractivity contribution in [2.75, 3.05) is 5.73 Å². The summed E-state index contributed by atoms with van der Waals surface area (Å²) in [5, 5.41) is 0. The molecular weight excluding hydrogens is 224 g/mol. The molecule has 0 aliphatic heterocycles. The second kappa shape index (κ2) is 5.31. The normalized spacial score (nSPS) is 9.89. The van der Waals surface area contributed by atoms with Crippen LogP contribution in [0.1, 0.15) is 13.8 Å². The van der Waals surface area contributed by atoms with Gasteiger partial charge in [0.15, 0.2) is 5.82 Å². The number of aromatic amines is 1. The van der Waals surface area contributed by atoms with Gasteiger partial charge in [0.1, 0.15) is 11.5 Å². The first-order valence-corrected chi connectivity index (χ1v) is 6.00. The fourth-order valence-electron chi connectivity index (χ4n) is 1.66. The topological polar surface area (TPSA) is 67.6 Å². The molecule has 2 aromatic heterocycles. The van der Waals surface area contributed by atoms with Crippen LogP contribution in [0.4, 0.5) is 5.82 Å². The van der Waals surface area contributed by atoms with Gasteiger partial charge in [-0.1, -0.05) is 32.0 Å². The van der Waals surface area contributed by atoms with Crippen molar-refractivity contribution in [1.29, 1.82) is 0 Å². The van der Waals surface area contributed by atoms with Gasteiger partial charge in [-0.2, -0.15) is 0 Å². The standard InChI is InChI=1S/C12H10N4.C2H6/c13-11-7-3-6-10(14-11)12-15-8-4-1-2-5-9(8)16-12;1-2/h1-7H,(H2,13,14)(H,15,16);1-2H3. The van der Waals surface area contributed by atoms with Gasteiger partial charge in [-0.25, -0.2) is 9.97 Å². The molecule has 3 rings (SSSR count). The average Bonchev–Trinajstić information content (AvgIpc) is 2.85. The predicted molar refractivity (Wildman–Crippen MR) is 75.1 cm³/mol. The Balaban J connectivity index is 0.000000574. The molecule has 92 valence electrons. The molecule has 3 N–H and O–H groups in total. The molecule has 0 aliphatic carbocycles. The molecule has 0 radical (unpaired) electrons. The van der Waals surface area contributed by atoms with Crippen LogP contribution >= 0.6 is 0 Å². The van der Waals surface area contributed by atoms with Crippen molar-refractivity contribution >= 4 is 16.9 Å². The Morgan fingerprint density at radius 2 is 1.72 bits per heavy atom. The van der Waals surface area contributed by atoms with Crippen LogP contribution in [0, 0.1) is 0 Å². The van der Waals surface area contributed by atoms with Crippen molar-refractivity contribution in [2.24, 2.45) is 0 Å². The zero-order valence-corrected chi connectivity index (χ0v) is 10.5. The summed E-state index contributed by atoms with van der Waals surface area (Å²) in [6.45, 7) is 4.00. The number of aromatic nitrogens is 3. The summed E-state index contributed by atoms with van der Waals surface area (Å²) in [6, 6.07) is 13.4. The van der Waals surface area contributed by atoms with E-state index in [-0.39, 0.29) is 0 Å². The van der Waals surface area contributed by atoms with Crippen LogP contribution in [0.15, 0.2) is 42.5 Å². The Hall–Kier alpha value is -2.36. The van der Waals surface area contributed by atoms with E-state index in [9.17, 15) is 0 Å². The minimum atomic E-state index is 0.498. The Labute approximate surface area is 106 Å². The number of pyridine rings is 1. The lowest BCUT2D eigenvalue weighted by molar-refractivity contribution is 1.24. The first-order chi connectivity index (χ1) is 8.83. The zero-order chi connectivity index (χ0) is 13.0. The van der Waals surface area contributed by atoms with Crippen LogP contribution in [0.25, 0.3) is 22.6 Å². The van der Waals surface area contributed by atoms with Crippen molar-refractivity contribution in [3.8, 4) is 11.5 Å². The number of imidazole rings is 1. The number of fused-ring (bicyclic) bond motifs is 1. The van der Waals surface area contributed by atoms with E-state index in [0.29, 0.717) is 5.82 Å². The van der Waals surface area contributed by atoms with E-state index in [0.717, 1.165) is 22.6 Å². The molecule has 0 fully saturated rings. The van der Waals surface area contributed by atoms with Gasteiger partial charge < -0.3 is 10.7 Å². The molecule has 0 atom stereocenters. The van der Waals surface area contributed by atoms with Crippen LogP contribution in [-0.2, 0) is 0 Å². The van der Waals surface area contributed by atoms with E-state index in [4.69, 9.17) is 5.73 Å². The van der Waals surface area contributed by atoms with Gasteiger partial charge >= 0.3 is 0 Å². The maximum absolute atomic E-state index is 5.64. The van der Waals surface area contributed by atoms with E-state index < -0.39 is 0 Å². The SMILES string of the molecule is CC.Nc1cccc(-c2nc3ccccc3[nH]2)n1. The molecule has 0 amide bonds. The fraction of sp³-hybridized carbons (Fsp3) is 0.143. The number of nitrogens with two attached hydrogens (primary N) is 1. The monoisotopic (exact) mass is 240 g/mol. The molecule has 0 aliphatic rings. The van der Waals surface area contributed by atoms with Crippen molar-refractivity contribution < 1.29 is 0 Å². The van der Waals surface area contributed by atoms with E-state index in [1.807, 2.05) is 50.2 Å². The summed E-state index contributed by atoms with van der Waals surface area (Å²) in [5.74, 6) is 1.24. The second-order valence-electron chi connectivity index (χ2n) is 3.55. The molecule has 4 heteroatoms. The Bertz CT molecular complexity index is 610. The number of rotatable bonds is 1. The van der Waals surface area contributed by atoms with Crippen LogP contribution in [-0.4, -0.2) is 15.0 Å². The van der Waals surface area contributed by atoms with Gasteiger partial charge in [-0.3, -0.25) is 0 Å². The highest BCUT2D eigenvalue weighted by Gasteiger charge is 2.05. The van der Waals surface area contributed by atoms with Gasteiger partial charge in [-0.05, 0) is 24.3 Å². The maximum Gasteiger partial charge on any atom is 0.157 e. The van der Waals surface area contributed by atoms with Crippen LogP contribution in [0.2, 0.25) is 0 Å². The number of anilines is 1. The number of H-pyrrole nitrogens is 1. The third-order valence-corrected chi connectivity index (χ3v) is 2.40. The summed E-state index contributed by atoms with van der Waals surface area (Å²) in [7, 11) is 0. The van der Waals surface area contributed by atoms with Crippen molar-refractivity contribution in [3.63, 3.8) is 0 Å². The van der Waals surface area contributed by atoms with Crippen molar-refractivity contribution in [1.82, 2.24) is 15.0 Å². The molecule has 18 heavy (non-hydrogen) atoms. The van der Waals surface area contributed by atoms with E-state index >= 15 is 0 Å². The third-order valence-electron chi connectivity index (χ3n) is 2.40. The highest BCUT2D eigenvalue weighted by Crippen LogP contribution is 2.18. The summed E-state index contributed by atoms with van der Waals surface area (Å²) in [5.41, 5.74) is 8.33. The number of benzene rings is 1. The molecule has 3 aromatic rings. The second-order valence-corrected chi connectivity index (χ2v) is 3.55. The van der Waals surface area contributed by atoms with Gasteiger partial charge in [0.25, 0.3) is 0 Å². The summed E-state index contributed by atoms with van der Waals surface area (Å²) < 4.78 is 0. The lowest BCUT2D eigenvalue weighted by atomic mass is 10.3. The Morgan fingerprint density at radius 3 is 2.44 bits per heavy atom. The van der Waals surface area contributed by atoms with Crippen LogP contribution < -0.4 is 5.73 Å². The Morgan fingerprint density at radius 1 is 0.944 bits per heavy atom. The van der Waals surface area contributed by atoms with Gasteiger partial charge in [0, 0.05) is 0 Å². The first-order valence-electron chi connectivity index (χ1n) is 6.00. The summed E-state index contributed by atoms with van der Waals surface area (Å²) >= 11 is 0. The maximum atomic E-state index is 5.64. The van der Waals surface area contributed by atoms with Gasteiger partial charge in [0.05, 0.1) is 11.0 Å².